The predicted octanol–water partition coefficient (Wildman–Crippen LogP) is 2.15. The molecule has 3 rings (SSSR count). The summed E-state index contributed by atoms with van der Waals surface area (Å²) in [6.45, 7) is 4.39. The number of benzene rings is 1. The van der Waals surface area contributed by atoms with Gasteiger partial charge in [0.15, 0.2) is 0 Å². The monoisotopic (exact) mass is 308 g/mol. The minimum Gasteiger partial charge on any atom is -0.310 e. The number of nitrogens with zero attached hydrogens (tertiary/aromatic N) is 3. The van der Waals surface area contributed by atoms with Crippen LogP contribution < -0.4 is 5.56 Å². The molecule has 5 heteroatoms. The summed E-state index contributed by atoms with van der Waals surface area (Å²) in [5.41, 5.74) is 3.57. The van der Waals surface area contributed by atoms with Crippen molar-refractivity contribution in [2.45, 2.75) is 39.3 Å². The average Bonchev–Trinajstić information content (AvgIpc) is 2.56. The maximum Gasteiger partial charge on any atom is 0.255 e. The van der Waals surface area contributed by atoms with Gasteiger partial charge in [0.25, 0.3) is 5.56 Å². The zero-order valence-electron chi connectivity index (χ0n) is 13.3. The Bertz CT molecular complexity index is 786. The van der Waals surface area contributed by atoms with Crippen LogP contribution in [0.2, 0.25) is 0 Å². The summed E-state index contributed by atoms with van der Waals surface area (Å²) in [6.07, 6.45) is 2.61. The van der Waals surface area contributed by atoms with Gasteiger partial charge in [-0.3, -0.25) is 9.69 Å². The van der Waals surface area contributed by atoms with Gasteiger partial charge in [0, 0.05) is 32.5 Å². The highest BCUT2D eigenvalue weighted by molar-refractivity contribution is 5.31. The Hall–Kier alpha value is -2.45. The van der Waals surface area contributed by atoms with Crippen molar-refractivity contribution in [2.75, 3.05) is 6.54 Å². The third kappa shape index (κ3) is 3.49. The van der Waals surface area contributed by atoms with E-state index in [9.17, 15) is 4.79 Å². The zero-order chi connectivity index (χ0) is 16.2. The van der Waals surface area contributed by atoms with E-state index in [4.69, 9.17) is 5.26 Å². The largest absolute Gasteiger partial charge is 0.310 e. The van der Waals surface area contributed by atoms with Crippen LogP contribution in [-0.2, 0) is 25.9 Å². The fourth-order valence-electron chi connectivity index (χ4n) is 2.97. The molecule has 1 aliphatic rings. The highest BCUT2D eigenvalue weighted by atomic mass is 16.1. The van der Waals surface area contributed by atoms with E-state index in [1.807, 2.05) is 24.3 Å². The number of aromatic nitrogens is 2. The molecular weight excluding hydrogens is 288 g/mol. The van der Waals surface area contributed by atoms with Crippen LogP contribution in [-0.4, -0.2) is 21.4 Å². The van der Waals surface area contributed by atoms with Gasteiger partial charge in [-0.2, -0.15) is 5.26 Å². The van der Waals surface area contributed by atoms with Gasteiger partial charge < -0.3 is 4.98 Å². The first kappa shape index (κ1) is 15.4. The number of nitrogens with one attached hydrogen (secondary N) is 1. The second-order valence-electron chi connectivity index (χ2n) is 5.96. The highest BCUT2D eigenvalue weighted by Gasteiger charge is 2.21. The van der Waals surface area contributed by atoms with E-state index in [1.165, 1.54) is 0 Å². The number of aromatic amines is 1. The second kappa shape index (κ2) is 6.76. The van der Waals surface area contributed by atoms with Crippen molar-refractivity contribution >= 4 is 0 Å². The quantitative estimate of drug-likeness (QED) is 0.939. The molecule has 0 radical (unpaired) electrons. The van der Waals surface area contributed by atoms with Gasteiger partial charge in [-0.1, -0.05) is 19.1 Å². The summed E-state index contributed by atoms with van der Waals surface area (Å²) >= 11 is 0. The standard InChI is InChI=1S/C18H20N4O/c1-2-3-17-20-16-8-9-22(12-15(16)18(23)21-17)11-14-6-4-13(10-19)5-7-14/h4-7H,2-3,8-9,11-12H2,1H3,(H,20,21,23). The molecule has 0 fully saturated rings. The van der Waals surface area contributed by atoms with Gasteiger partial charge in [0.1, 0.15) is 5.82 Å². The molecule has 118 valence electrons. The van der Waals surface area contributed by atoms with Crippen molar-refractivity contribution in [1.82, 2.24) is 14.9 Å². The summed E-state index contributed by atoms with van der Waals surface area (Å²) in [5.74, 6) is 0.803. The van der Waals surface area contributed by atoms with E-state index in [0.717, 1.165) is 55.0 Å². The Balaban J connectivity index is 1.75. The Morgan fingerprint density at radius 2 is 2.13 bits per heavy atom. The second-order valence-corrected chi connectivity index (χ2v) is 5.96. The summed E-state index contributed by atoms with van der Waals surface area (Å²) in [4.78, 5) is 22.0. The molecule has 0 spiro atoms. The topological polar surface area (TPSA) is 72.8 Å². The first-order valence-electron chi connectivity index (χ1n) is 8.02. The molecule has 1 aromatic carbocycles. The maximum absolute atomic E-state index is 12.3. The van der Waals surface area contributed by atoms with Crippen molar-refractivity contribution in [3.05, 3.63) is 62.8 Å². The number of hydrogen-bond donors (Lipinski definition) is 1. The number of hydrogen-bond acceptors (Lipinski definition) is 4. The van der Waals surface area contributed by atoms with Crippen molar-refractivity contribution in [2.24, 2.45) is 0 Å². The van der Waals surface area contributed by atoms with Gasteiger partial charge >= 0.3 is 0 Å². The molecule has 0 bridgehead atoms. The van der Waals surface area contributed by atoms with Crippen molar-refractivity contribution in [3.63, 3.8) is 0 Å². The molecule has 23 heavy (non-hydrogen) atoms. The molecular formula is C18H20N4O. The smallest absolute Gasteiger partial charge is 0.255 e. The fraction of sp³-hybridized carbons (Fsp3) is 0.389. The SMILES string of the molecule is CCCc1nc2c(c(=O)[nH]1)CN(Cc1ccc(C#N)cc1)CC2. The summed E-state index contributed by atoms with van der Waals surface area (Å²) in [6, 6.07) is 9.74. The first-order chi connectivity index (χ1) is 11.2. The molecule has 5 nitrogen and oxygen atoms in total. The van der Waals surface area contributed by atoms with Crippen LogP contribution in [0.25, 0.3) is 0 Å². The van der Waals surface area contributed by atoms with Crippen molar-refractivity contribution in [1.29, 1.82) is 5.26 Å². The average molecular weight is 308 g/mol. The lowest BCUT2D eigenvalue weighted by Crippen LogP contribution is -2.35. The van der Waals surface area contributed by atoms with Crippen LogP contribution in [0.4, 0.5) is 0 Å². The Labute approximate surface area is 135 Å². The summed E-state index contributed by atoms with van der Waals surface area (Å²) in [7, 11) is 0. The Kier molecular flexibility index (Phi) is 4.54. The summed E-state index contributed by atoms with van der Waals surface area (Å²) in [5, 5.41) is 8.84. The highest BCUT2D eigenvalue weighted by Crippen LogP contribution is 2.17. The third-order valence-electron chi connectivity index (χ3n) is 4.17. The molecule has 0 saturated heterocycles. The number of H-pyrrole nitrogens is 1. The number of rotatable bonds is 4. The molecule has 2 heterocycles. The molecule has 0 unspecified atom stereocenters. The van der Waals surface area contributed by atoms with E-state index >= 15 is 0 Å². The normalized spacial score (nSPS) is 14.3. The lowest BCUT2D eigenvalue weighted by atomic mass is 10.1. The molecule has 1 N–H and O–H groups in total. The molecule has 0 amide bonds. The van der Waals surface area contributed by atoms with Crippen LogP contribution in [0, 0.1) is 11.3 Å². The van der Waals surface area contributed by atoms with Crippen LogP contribution in [0.15, 0.2) is 29.1 Å². The molecule has 0 atom stereocenters. The van der Waals surface area contributed by atoms with Crippen LogP contribution in [0.1, 0.15) is 41.6 Å². The van der Waals surface area contributed by atoms with Crippen LogP contribution in [0.5, 0.6) is 0 Å². The lowest BCUT2D eigenvalue weighted by molar-refractivity contribution is 0.241. The Morgan fingerprint density at radius 1 is 1.35 bits per heavy atom. The number of fused-ring (bicyclic) bond motifs is 1. The van der Waals surface area contributed by atoms with E-state index in [2.05, 4.69) is 27.9 Å². The summed E-state index contributed by atoms with van der Waals surface area (Å²) < 4.78 is 0. The molecule has 1 aromatic heterocycles. The van der Waals surface area contributed by atoms with Gasteiger partial charge in [0.2, 0.25) is 0 Å². The molecule has 0 aliphatic carbocycles. The minimum atomic E-state index is 0.00276. The predicted molar refractivity (Wildman–Crippen MR) is 87.8 cm³/mol. The van der Waals surface area contributed by atoms with Crippen molar-refractivity contribution in [3.8, 4) is 6.07 Å². The van der Waals surface area contributed by atoms with E-state index in [1.54, 1.807) is 0 Å². The lowest BCUT2D eigenvalue weighted by Gasteiger charge is -2.27. The third-order valence-corrected chi connectivity index (χ3v) is 4.17. The fourth-order valence-corrected chi connectivity index (χ4v) is 2.97. The van der Waals surface area contributed by atoms with E-state index in [0.29, 0.717) is 12.1 Å². The first-order valence-corrected chi connectivity index (χ1v) is 8.02. The van der Waals surface area contributed by atoms with Crippen molar-refractivity contribution < 1.29 is 0 Å². The van der Waals surface area contributed by atoms with E-state index in [-0.39, 0.29) is 5.56 Å². The van der Waals surface area contributed by atoms with E-state index < -0.39 is 0 Å². The van der Waals surface area contributed by atoms with Gasteiger partial charge in [0.05, 0.1) is 22.9 Å². The van der Waals surface area contributed by atoms with Gasteiger partial charge in [-0.15, -0.1) is 0 Å². The van der Waals surface area contributed by atoms with Gasteiger partial charge in [-0.25, -0.2) is 4.98 Å². The van der Waals surface area contributed by atoms with Crippen LogP contribution >= 0.6 is 0 Å². The van der Waals surface area contributed by atoms with Crippen LogP contribution in [0.3, 0.4) is 0 Å². The molecule has 0 saturated carbocycles. The number of aryl methyl sites for hydroxylation is 1. The molecule has 1 aliphatic heterocycles. The maximum atomic E-state index is 12.3. The minimum absolute atomic E-state index is 0.00276. The molecule has 2 aromatic rings. The Morgan fingerprint density at radius 3 is 2.83 bits per heavy atom. The zero-order valence-corrected chi connectivity index (χ0v) is 13.3. The number of nitriles is 1. The van der Waals surface area contributed by atoms with Gasteiger partial charge in [-0.05, 0) is 24.1 Å².